The van der Waals surface area contributed by atoms with Crippen LogP contribution in [0.4, 0.5) is 0 Å². The molecule has 1 atom stereocenters. The molecule has 0 aromatic heterocycles. The van der Waals surface area contributed by atoms with Gasteiger partial charge in [0.15, 0.2) is 5.78 Å². The zero-order valence-corrected chi connectivity index (χ0v) is 6.93. The van der Waals surface area contributed by atoms with E-state index in [-0.39, 0.29) is 12.4 Å². The average molecular weight is 186 g/mol. The van der Waals surface area contributed by atoms with E-state index in [1.165, 1.54) is 12.2 Å². The van der Waals surface area contributed by atoms with Crippen LogP contribution >= 0.6 is 0 Å². The summed E-state index contributed by atoms with van der Waals surface area (Å²) in [6.45, 7) is 0.715. The first-order valence-electron chi connectivity index (χ1n) is 4.02. The molecule has 0 radical (unpaired) electrons. The standard InChI is InChI=1S/C8H10O5/c9-6-1-2-8(10,13-5-6)7-11-3-4-12-7/h1-2,7,10H,3-5H2. The molecule has 0 amide bonds. The SMILES string of the molecule is O=C1C=CC(O)(C2OCCO2)OC1. The summed E-state index contributed by atoms with van der Waals surface area (Å²) in [5.74, 6) is -1.78. The maximum Gasteiger partial charge on any atom is 0.239 e. The molecule has 0 saturated carbocycles. The third-order valence-corrected chi connectivity index (χ3v) is 1.91. The monoisotopic (exact) mass is 186 g/mol. The second kappa shape index (κ2) is 3.19. The molecule has 2 aliphatic heterocycles. The lowest BCUT2D eigenvalue weighted by Gasteiger charge is -2.30. The molecule has 2 aliphatic rings. The molecule has 1 unspecified atom stereocenters. The van der Waals surface area contributed by atoms with Crippen LogP contribution in [-0.2, 0) is 19.0 Å². The second-order valence-electron chi connectivity index (χ2n) is 2.91. The van der Waals surface area contributed by atoms with Crippen LogP contribution in [-0.4, -0.2) is 42.8 Å². The highest BCUT2D eigenvalue weighted by atomic mass is 16.8. The maximum atomic E-state index is 10.8. The Balaban J connectivity index is 2.11. The smallest absolute Gasteiger partial charge is 0.239 e. The maximum absolute atomic E-state index is 10.8. The van der Waals surface area contributed by atoms with Crippen LogP contribution in [0.25, 0.3) is 0 Å². The minimum atomic E-state index is -1.61. The lowest BCUT2D eigenvalue weighted by atomic mass is 10.2. The van der Waals surface area contributed by atoms with E-state index in [0.29, 0.717) is 13.2 Å². The molecular formula is C8H10O5. The Labute approximate surface area is 74.9 Å². The Bertz CT molecular complexity index is 243. The fraction of sp³-hybridized carbons (Fsp3) is 0.625. The van der Waals surface area contributed by atoms with Gasteiger partial charge in [-0.05, 0) is 12.2 Å². The Kier molecular flexibility index (Phi) is 2.17. The van der Waals surface area contributed by atoms with Crippen molar-refractivity contribution in [2.75, 3.05) is 19.8 Å². The lowest BCUT2D eigenvalue weighted by Crippen LogP contribution is -2.46. The third kappa shape index (κ3) is 1.64. The van der Waals surface area contributed by atoms with Crippen LogP contribution in [0.1, 0.15) is 0 Å². The number of carbonyl (C=O) groups excluding carboxylic acids is 1. The predicted octanol–water partition coefficient (Wildman–Crippen LogP) is -0.797. The van der Waals surface area contributed by atoms with E-state index >= 15 is 0 Å². The van der Waals surface area contributed by atoms with Gasteiger partial charge in [0.05, 0.1) is 13.2 Å². The van der Waals surface area contributed by atoms with E-state index in [9.17, 15) is 9.90 Å². The molecule has 0 aromatic carbocycles. The highest BCUT2D eigenvalue weighted by Crippen LogP contribution is 2.24. The zero-order chi connectivity index (χ0) is 9.31. The number of ketones is 1. The molecule has 0 aliphatic carbocycles. The third-order valence-electron chi connectivity index (χ3n) is 1.91. The minimum absolute atomic E-state index is 0.143. The van der Waals surface area contributed by atoms with Gasteiger partial charge in [-0.1, -0.05) is 0 Å². The van der Waals surface area contributed by atoms with Gasteiger partial charge in [-0.25, -0.2) is 0 Å². The van der Waals surface area contributed by atoms with Crippen LogP contribution in [0.2, 0.25) is 0 Å². The molecule has 72 valence electrons. The van der Waals surface area contributed by atoms with Gasteiger partial charge in [0.2, 0.25) is 12.1 Å². The number of aliphatic hydroxyl groups is 1. The van der Waals surface area contributed by atoms with Gasteiger partial charge < -0.3 is 19.3 Å². The summed E-state index contributed by atoms with van der Waals surface area (Å²) in [5, 5.41) is 9.78. The topological polar surface area (TPSA) is 65.0 Å². The fourth-order valence-electron chi connectivity index (χ4n) is 1.24. The van der Waals surface area contributed by atoms with E-state index < -0.39 is 12.1 Å². The highest BCUT2D eigenvalue weighted by molar-refractivity contribution is 5.91. The van der Waals surface area contributed by atoms with E-state index in [0.717, 1.165) is 0 Å². The number of carbonyl (C=O) groups is 1. The molecule has 5 heteroatoms. The molecule has 1 fully saturated rings. The zero-order valence-electron chi connectivity index (χ0n) is 6.93. The quantitative estimate of drug-likeness (QED) is 0.581. The van der Waals surface area contributed by atoms with Gasteiger partial charge in [0.25, 0.3) is 0 Å². The van der Waals surface area contributed by atoms with Crippen molar-refractivity contribution < 1.29 is 24.1 Å². The van der Waals surface area contributed by atoms with Crippen molar-refractivity contribution in [1.29, 1.82) is 0 Å². The van der Waals surface area contributed by atoms with E-state index in [1.54, 1.807) is 0 Å². The van der Waals surface area contributed by atoms with Crippen LogP contribution in [0, 0.1) is 0 Å². The molecule has 13 heavy (non-hydrogen) atoms. The number of ether oxygens (including phenoxy) is 3. The first-order chi connectivity index (χ1) is 6.21. The summed E-state index contributed by atoms with van der Waals surface area (Å²) < 4.78 is 15.1. The highest BCUT2D eigenvalue weighted by Gasteiger charge is 2.42. The summed E-state index contributed by atoms with van der Waals surface area (Å²) >= 11 is 0. The van der Waals surface area contributed by atoms with Crippen LogP contribution in [0.3, 0.4) is 0 Å². The molecular weight excluding hydrogens is 176 g/mol. The molecule has 1 saturated heterocycles. The molecule has 5 nitrogen and oxygen atoms in total. The van der Waals surface area contributed by atoms with Crippen molar-refractivity contribution in [3.05, 3.63) is 12.2 Å². The largest absolute Gasteiger partial charge is 0.358 e. The van der Waals surface area contributed by atoms with E-state index in [4.69, 9.17) is 14.2 Å². The number of hydrogen-bond acceptors (Lipinski definition) is 5. The molecule has 0 aromatic rings. The number of rotatable bonds is 1. The van der Waals surface area contributed by atoms with Gasteiger partial charge in [0.1, 0.15) is 6.61 Å². The normalized spacial score (nSPS) is 35.6. The summed E-state index contributed by atoms with van der Waals surface area (Å²) in [7, 11) is 0. The summed E-state index contributed by atoms with van der Waals surface area (Å²) in [6.07, 6.45) is 1.71. The summed E-state index contributed by atoms with van der Waals surface area (Å²) in [5.41, 5.74) is 0. The second-order valence-corrected chi connectivity index (χ2v) is 2.91. The summed E-state index contributed by atoms with van der Waals surface area (Å²) in [4.78, 5) is 10.8. The van der Waals surface area contributed by atoms with Gasteiger partial charge in [-0.15, -0.1) is 0 Å². The van der Waals surface area contributed by atoms with Crippen molar-refractivity contribution in [2.24, 2.45) is 0 Å². The van der Waals surface area contributed by atoms with E-state index in [2.05, 4.69) is 0 Å². The van der Waals surface area contributed by atoms with Gasteiger partial charge in [0, 0.05) is 0 Å². The predicted molar refractivity (Wildman–Crippen MR) is 40.7 cm³/mol. The Morgan fingerprint density at radius 2 is 2.15 bits per heavy atom. The molecule has 2 heterocycles. The van der Waals surface area contributed by atoms with Crippen molar-refractivity contribution in [3.63, 3.8) is 0 Å². The van der Waals surface area contributed by atoms with Crippen molar-refractivity contribution >= 4 is 5.78 Å². The van der Waals surface area contributed by atoms with Crippen molar-refractivity contribution in [1.82, 2.24) is 0 Å². The summed E-state index contributed by atoms with van der Waals surface area (Å²) in [6, 6.07) is 0. The van der Waals surface area contributed by atoms with Crippen LogP contribution in [0.5, 0.6) is 0 Å². The van der Waals surface area contributed by atoms with Gasteiger partial charge in [-0.3, -0.25) is 4.79 Å². The first-order valence-corrected chi connectivity index (χ1v) is 4.02. The van der Waals surface area contributed by atoms with Crippen molar-refractivity contribution in [3.8, 4) is 0 Å². The number of hydrogen-bond donors (Lipinski definition) is 1. The Hall–Kier alpha value is -0.750. The van der Waals surface area contributed by atoms with Gasteiger partial charge >= 0.3 is 0 Å². The fourth-order valence-corrected chi connectivity index (χ4v) is 1.24. The van der Waals surface area contributed by atoms with Gasteiger partial charge in [-0.2, -0.15) is 0 Å². The molecule has 2 rings (SSSR count). The Morgan fingerprint density at radius 3 is 2.69 bits per heavy atom. The van der Waals surface area contributed by atoms with Crippen LogP contribution in [0.15, 0.2) is 12.2 Å². The van der Waals surface area contributed by atoms with E-state index in [1.807, 2.05) is 0 Å². The molecule has 0 bridgehead atoms. The van der Waals surface area contributed by atoms with Crippen molar-refractivity contribution in [2.45, 2.75) is 12.1 Å². The first kappa shape index (κ1) is 8.83. The van der Waals surface area contributed by atoms with Crippen LogP contribution < -0.4 is 0 Å². The molecule has 0 spiro atoms. The average Bonchev–Trinajstić information content (AvgIpc) is 2.63. The molecule has 1 N–H and O–H groups in total. The lowest BCUT2D eigenvalue weighted by molar-refractivity contribution is -0.279. The Morgan fingerprint density at radius 1 is 1.46 bits per heavy atom. The minimum Gasteiger partial charge on any atom is -0.358 e.